The van der Waals surface area contributed by atoms with Gasteiger partial charge in [-0.1, -0.05) is 17.7 Å². The molecule has 0 aliphatic carbocycles. The van der Waals surface area contributed by atoms with Crippen molar-refractivity contribution in [2.45, 2.75) is 13.3 Å². The first-order chi connectivity index (χ1) is 11.5. The van der Waals surface area contributed by atoms with Crippen molar-refractivity contribution >= 4 is 28.5 Å². The van der Waals surface area contributed by atoms with E-state index in [0.29, 0.717) is 23.6 Å². The summed E-state index contributed by atoms with van der Waals surface area (Å²) in [5.41, 5.74) is 2.16. The van der Waals surface area contributed by atoms with Crippen LogP contribution in [0.1, 0.15) is 21.7 Å². The molecule has 0 atom stereocenters. The predicted octanol–water partition coefficient (Wildman–Crippen LogP) is 3.78. The maximum absolute atomic E-state index is 12.3. The highest BCUT2D eigenvalue weighted by Gasteiger charge is 2.17. The molecule has 124 valence electrons. The third-order valence-corrected chi connectivity index (χ3v) is 4.08. The summed E-state index contributed by atoms with van der Waals surface area (Å²) in [6, 6.07) is 9.80. The summed E-state index contributed by atoms with van der Waals surface area (Å²) in [5.74, 6) is -0.383. The van der Waals surface area contributed by atoms with Crippen LogP contribution in [-0.2, 0) is 6.42 Å². The fraction of sp³-hybridized carbons (Fsp3) is 0.167. The minimum atomic E-state index is -0.303. The SMILES string of the molecule is Cc1c(C(=O)NCCc2ccc(O)c(O)c2)oc2ccc(Cl)cc12. The molecule has 5 nitrogen and oxygen atoms in total. The molecule has 3 rings (SSSR count). The number of aromatic hydroxyl groups is 2. The Balaban J connectivity index is 1.69. The van der Waals surface area contributed by atoms with Gasteiger partial charge in [0.05, 0.1) is 0 Å². The van der Waals surface area contributed by atoms with Gasteiger partial charge in [0.2, 0.25) is 0 Å². The van der Waals surface area contributed by atoms with Crippen molar-refractivity contribution in [3.8, 4) is 11.5 Å². The van der Waals surface area contributed by atoms with Gasteiger partial charge >= 0.3 is 0 Å². The third-order valence-electron chi connectivity index (χ3n) is 3.84. The molecule has 3 N–H and O–H groups in total. The first-order valence-corrected chi connectivity index (χ1v) is 7.81. The Morgan fingerprint density at radius 2 is 1.96 bits per heavy atom. The monoisotopic (exact) mass is 345 g/mol. The normalized spacial score (nSPS) is 10.9. The molecular formula is C18H16ClNO4. The Morgan fingerprint density at radius 3 is 2.71 bits per heavy atom. The fourth-order valence-corrected chi connectivity index (χ4v) is 2.71. The number of fused-ring (bicyclic) bond motifs is 1. The summed E-state index contributed by atoms with van der Waals surface area (Å²) in [5, 5.41) is 22.9. The number of hydrogen-bond donors (Lipinski definition) is 3. The van der Waals surface area contributed by atoms with E-state index in [1.165, 1.54) is 12.1 Å². The summed E-state index contributed by atoms with van der Waals surface area (Å²) >= 11 is 5.97. The van der Waals surface area contributed by atoms with Crippen molar-refractivity contribution in [3.63, 3.8) is 0 Å². The highest BCUT2D eigenvalue weighted by Crippen LogP contribution is 2.28. The number of nitrogens with one attached hydrogen (secondary N) is 1. The van der Waals surface area contributed by atoms with Crippen LogP contribution in [0.5, 0.6) is 11.5 Å². The highest BCUT2D eigenvalue weighted by molar-refractivity contribution is 6.31. The minimum Gasteiger partial charge on any atom is -0.504 e. The number of carbonyl (C=O) groups excluding carboxylic acids is 1. The number of aryl methyl sites for hydroxylation is 1. The van der Waals surface area contributed by atoms with Gasteiger partial charge in [-0.05, 0) is 49.2 Å². The fourth-order valence-electron chi connectivity index (χ4n) is 2.53. The number of phenolic OH excluding ortho intramolecular Hbond substituents is 2. The third kappa shape index (κ3) is 3.16. The lowest BCUT2D eigenvalue weighted by Gasteiger charge is -2.05. The van der Waals surface area contributed by atoms with Gasteiger partial charge in [0.15, 0.2) is 17.3 Å². The van der Waals surface area contributed by atoms with Gasteiger partial charge in [-0.2, -0.15) is 0 Å². The van der Waals surface area contributed by atoms with Gasteiger partial charge in [0, 0.05) is 22.5 Å². The van der Waals surface area contributed by atoms with Crippen LogP contribution in [-0.4, -0.2) is 22.7 Å². The van der Waals surface area contributed by atoms with Crippen molar-refractivity contribution in [1.82, 2.24) is 5.32 Å². The van der Waals surface area contributed by atoms with E-state index in [2.05, 4.69) is 5.32 Å². The highest BCUT2D eigenvalue weighted by atomic mass is 35.5. The summed E-state index contributed by atoms with van der Waals surface area (Å²) in [4.78, 5) is 12.3. The number of phenols is 2. The number of halogens is 1. The van der Waals surface area contributed by atoms with Crippen LogP contribution in [0.3, 0.4) is 0 Å². The maximum atomic E-state index is 12.3. The number of amides is 1. The first kappa shape index (κ1) is 16.2. The lowest BCUT2D eigenvalue weighted by molar-refractivity contribution is 0.0928. The van der Waals surface area contributed by atoms with Crippen molar-refractivity contribution < 1.29 is 19.4 Å². The zero-order valence-corrected chi connectivity index (χ0v) is 13.7. The Labute approximate surface area is 143 Å². The molecule has 0 fully saturated rings. The molecule has 0 radical (unpaired) electrons. The van der Waals surface area contributed by atoms with Gasteiger partial charge < -0.3 is 19.9 Å². The second-order valence-electron chi connectivity index (χ2n) is 5.53. The molecule has 2 aromatic carbocycles. The Bertz CT molecular complexity index is 917. The maximum Gasteiger partial charge on any atom is 0.287 e. The summed E-state index contributed by atoms with van der Waals surface area (Å²) in [6.45, 7) is 2.19. The molecule has 0 bridgehead atoms. The largest absolute Gasteiger partial charge is 0.504 e. The molecule has 0 spiro atoms. The van der Waals surface area contributed by atoms with E-state index in [9.17, 15) is 15.0 Å². The van der Waals surface area contributed by atoms with Crippen LogP contribution < -0.4 is 5.32 Å². The molecule has 1 aromatic heterocycles. The summed E-state index contributed by atoms with van der Waals surface area (Å²) in [6.07, 6.45) is 0.519. The van der Waals surface area contributed by atoms with Crippen LogP contribution in [0, 0.1) is 6.92 Å². The number of furan rings is 1. The van der Waals surface area contributed by atoms with Crippen molar-refractivity contribution in [2.75, 3.05) is 6.54 Å². The molecule has 0 unspecified atom stereocenters. The van der Waals surface area contributed by atoms with Crippen LogP contribution in [0.2, 0.25) is 5.02 Å². The smallest absolute Gasteiger partial charge is 0.287 e. The molecule has 24 heavy (non-hydrogen) atoms. The van der Waals surface area contributed by atoms with E-state index < -0.39 is 0 Å². The lowest BCUT2D eigenvalue weighted by Crippen LogP contribution is -2.25. The van der Waals surface area contributed by atoms with E-state index in [0.717, 1.165) is 16.5 Å². The molecular weight excluding hydrogens is 330 g/mol. The molecule has 0 aliphatic rings. The van der Waals surface area contributed by atoms with Gasteiger partial charge in [-0.25, -0.2) is 0 Å². The molecule has 6 heteroatoms. The number of hydrogen-bond acceptors (Lipinski definition) is 4. The molecule has 3 aromatic rings. The minimum absolute atomic E-state index is 0.167. The average Bonchev–Trinajstić information content (AvgIpc) is 2.87. The second-order valence-corrected chi connectivity index (χ2v) is 5.96. The number of rotatable bonds is 4. The van der Waals surface area contributed by atoms with E-state index in [1.807, 2.05) is 6.92 Å². The average molecular weight is 346 g/mol. The van der Waals surface area contributed by atoms with Crippen molar-refractivity contribution in [1.29, 1.82) is 0 Å². The first-order valence-electron chi connectivity index (χ1n) is 7.43. The summed E-state index contributed by atoms with van der Waals surface area (Å²) < 4.78 is 5.61. The standard InChI is InChI=1S/C18H16ClNO4/c1-10-13-9-12(19)3-5-16(13)24-17(10)18(23)20-7-6-11-2-4-14(21)15(22)8-11/h2-5,8-9,21-22H,6-7H2,1H3,(H,20,23). The Morgan fingerprint density at radius 1 is 1.17 bits per heavy atom. The molecule has 1 heterocycles. The second kappa shape index (κ2) is 6.45. The Hall–Kier alpha value is -2.66. The quantitative estimate of drug-likeness (QED) is 0.628. The van der Waals surface area contributed by atoms with Crippen LogP contribution in [0.15, 0.2) is 40.8 Å². The number of benzene rings is 2. The molecule has 0 saturated heterocycles. The van der Waals surface area contributed by atoms with Crippen molar-refractivity contribution in [2.24, 2.45) is 0 Å². The predicted molar refractivity (Wildman–Crippen MR) is 91.8 cm³/mol. The molecule has 1 amide bonds. The Kier molecular flexibility index (Phi) is 4.36. The van der Waals surface area contributed by atoms with Crippen LogP contribution in [0.25, 0.3) is 11.0 Å². The zero-order valence-electron chi connectivity index (χ0n) is 13.0. The zero-order chi connectivity index (χ0) is 17.3. The van der Waals surface area contributed by atoms with Gasteiger partial charge in [-0.15, -0.1) is 0 Å². The summed E-state index contributed by atoms with van der Waals surface area (Å²) in [7, 11) is 0. The topological polar surface area (TPSA) is 82.7 Å². The van der Waals surface area contributed by atoms with E-state index >= 15 is 0 Å². The number of carbonyl (C=O) groups is 1. The molecule has 0 aliphatic heterocycles. The van der Waals surface area contributed by atoms with Crippen molar-refractivity contribution in [3.05, 3.63) is 58.3 Å². The lowest BCUT2D eigenvalue weighted by atomic mass is 10.1. The van der Waals surface area contributed by atoms with E-state index in [-0.39, 0.29) is 23.2 Å². The van der Waals surface area contributed by atoms with Crippen LogP contribution in [0.4, 0.5) is 0 Å². The van der Waals surface area contributed by atoms with Crippen LogP contribution >= 0.6 is 11.6 Å². The van der Waals surface area contributed by atoms with E-state index in [4.69, 9.17) is 16.0 Å². The van der Waals surface area contributed by atoms with Gasteiger partial charge in [0.1, 0.15) is 5.58 Å². The molecule has 0 saturated carbocycles. The van der Waals surface area contributed by atoms with Gasteiger partial charge in [0.25, 0.3) is 5.91 Å². The van der Waals surface area contributed by atoms with Gasteiger partial charge in [-0.3, -0.25) is 4.79 Å². The van der Waals surface area contributed by atoms with E-state index in [1.54, 1.807) is 24.3 Å².